The molecule has 1 unspecified atom stereocenters. The molecule has 0 saturated heterocycles. The van der Waals surface area contributed by atoms with E-state index < -0.39 is 6.09 Å². The van der Waals surface area contributed by atoms with Crippen LogP contribution in [0.4, 0.5) is 4.79 Å². The third kappa shape index (κ3) is 5.35. The highest BCUT2D eigenvalue weighted by Crippen LogP contribution is 2.04. The first-order valence-electron chi connectivity index (χ1n) is 6.10. The van der Waals surface area contributed by atoms with E-state index in [-0.39, 0.29) is 12.5 Å². The van der Waals surface area contributed by atoms with E-state index in [1.807, 2.05) is 37.3 Å². The minimum atomic E-state index is -0.477. The van der Waals surface area contributed by atoms with Crippen LogP contribution >= 0.6 is 0 Å². The lowest BCUT2D eigenvalue weighted by atomic mass is 10.1. The second-order valence-corrected chi connectivity index (χ2v) is 4.06. The smallest absolute Gasteiger partial charge is 0.407 e. The SMILES string of the molecule is CCCC(C#N)CNC(=O)OCc1ccccc1. The first-order valence-corrected chi connectivity index (χ1v) is 6.10. The topological polar surface area (TPSA) is 62.1 Å². The van der Waals surface area contributed by atoms with Gasteiger partial charge < -0.3 is 10.1 Å². The summed E-state index contributed by atoms with van der Waals surface area (Å²) in [4.78, 5) is 11.4. The minimum absolute atomic E-state index is 0.140. The number of carbonyl (C=O) groups is 1. The number of hydrogen-bond acceptors (Lipinski definition) is 3. The highest BCUT2D eigenvalue weighted by Gasteiger charge is 2.09. The molecule has 0 fully saturated rings. The van der Waals surface area contributed by atoms with Crippen molar-refractivity contribution in [2.75, 3.05) is 6.54 Å². The highest BCUT2D eigenvalue weighted by molar-refractivity contribution is 5.67. The van der Waals surface area contributed by atoms with E-state index in [0.29, 0.717) is 6.54 Å². The fourth-order valence-corrected chi connectivity index (χ4v) is 1.54. The molecule has 0 aliphatic heterocycles. The van der Waals surface area contributed by atoms with Crippen LogP contribution in [-0.2, 0) is 11.3 Å². The van der Waals surface area contributed by atoms with Gasteiger partial charge in [0.05, 0.1) is 12.0 Å². The van der Waals surface area contributed by atoms with Crippen LogP contribution in [0, 0.1) is 17.2 Å². The number of carbonyl (C=O) groups excluding carboxylic acids is 1. The Morgan fingerprint density at radius 3 is 2.78 bits per heavy atom. The Labute approximate surface area is 108 Å². The summed E-state index contributed by atoms with van der Waals surface area (Å²) < 4.78 is 5.04. The molecule has 0 saturated carbocycles. The van der Waals surface area contributed by atoms with Crippen molar-refractivity contribution >= 4 is 6.09 Å². The van der Waals surface area contributed by atoms with Gasteiger partial charge in [0.1, 0.15) is 6.61 Å². The predicted octanol–water partition coefficient (Wildman–Crippen LogP) is 2.85. The molecule has 0 aromatic heterocycles. The summed E-state index contributed by atoms with van der Waals surface area (Å²) in [6.07, 6.45) is 1.24. The van der Waals surface area contributed by atoms with Gasteiger partial charge >= 0.3 is 6.09 Å². The first-order chi connectivity index (χ1) is 8.76. The molecule has 1 rings (SSSR count). The molecular weight excluding hydrogens is 228 g/mol. The lowest BCUT2D eigenvalue weighted by molar-refractivity contribution is 0.138. The molecule has 1 aromatic carbocycles. The summed E-state index contributed by atoms with van der Waals surface area (Å²) in [5.74, 6) is -0.140. The molecule has 0 aliphatic rings. The largest absolute Gasteiger partial charge is 0.445 e. The van der Waals surface area contributed by atoms with Gasteiger partial charge in [-0.3, -0.25) is 0 Å². The van der Waals surface area contributed by atoms with Crippen molar-refractivity contribution in [2.24, 2.45) is 5.92 Å². The Bertz CT molecular complexity index is 398. The summed E-state index contributed by atoms with van der Waals surface area (Å²) in [5, 5.41) is 11.4. The van der Waals surface area contributed by atoms with Crippen molar-refractivity contribution in [1.29, 1.82) is 5.26 Å². The monoisotopic (exact) mass is 246 g/mol. The lowest BCUT2D eigenvalue weighted by Crippen LogP contribution is -2.29. The van der Waals surface area contributed by atoms with Crippen LogP contribution < -0.4 is 5.32 Å². The van der Waals surface area contributed by atoms with Crippen molar-refractivity contribution in [3.8, 4) is 6.07 Å². The molecule has 0 heterocycles. The fraction of sp³-hybridized carbons (Fsp3) is 0.429. The van der Waals surface area contributed by atoms with Crippen molar-refractivity contribution < 1.29 is 9.53 Å². The van der Waals surface area contributed by atoms with E-state index >= 15 is 0 Å². The number of nitrogens with one attached hydrogen (secondary N) is 1. The van der Waals surface area contributed by atoms with E-state index in [1.54, 1.807) is 0 Å². The van der Waals surface area contributed by atoms with Crippen molar-refractivity contribution in [2.45, 2.75) is 26.4 Å². The fourth-order valence-electron chi connectivity index (χ4n) is 1.54. The summed E-state index contributed by atoms with van der Waals surface area (Å²) >= 11 is 0. The average molecular weight is 246 g/mol. The van der Waals surface area contributed by atoms with Gasteiger partial charge in [0, 0.05) is 6.54 Å². The molecule has 1 N–H and O–H groups in total. The normalized spacial score (nSPS) is 11.3. The Kier molecular flexibility index (Phi) is 6.34. The Morgan fingerprint density at radius 2 is 2.17 bits per heavy atom. The van der Waals surface area contributed by atoms with Gasteiger partial charge in [-0.05, 0) is 12.0 Å². The summed E-state index contributed by atoms with van der Waals surface area (Å²) in [7, 11) is 0. The molecule has 4 nitrogen and oxygen atoms in total. The number of rotatable bonds is 6. The first kappa shape index (κ1) is 14.0. The van der Waals surface area contributed by atoms with Crippen molar-refractivity contribution in [3.63, 3.8) is 0 Å². The van der Waals surface area contributed by atoms with E-state index in [4.69, 9.17) is 10.00 Å². The zero-order chi connectivity index (χ0) is 13.2. The number of nitriles is 1. The van der Waals surface area contributed by atoms with Crippen LogP contribution in [0.2, 0.25) is 0 Å². The van der Waals surface area contributed by atoms with Crippen molar-refractivity contribution in [1.82, 2.24) is 5.32 Å². The molecule has 4 heteroatoms. The number of alkyl carbamates (subject to hydrolysis) is 1. The maximum Gasteiger partial charge on any atom is 0.407 e. The number of benzene rings is 1. The Hall–Kier alpha value is -2.02. The number of hydrogen-bond donors (Lipinski definition) is 1. The van der Waals surface area contributed by atoms with Gasteiger partial charge in [-0.15, -0.1) is 0 Å². The maximum atomic E-state index is 11.4. The molecule has 96 valence electrons. The van der Waals surface area contributed by atoms with E-state index in [2.05, 4.69) is 11.4 Å². The zero-order valence-electron chi connectivity index (χ0n) is 10.6. The summed E-state index contributed by atoms with van der Waals surface area (Å²) in [6, 6.07) is 11.6. The number of amides is 1. The van der Waals surface area contributed by atoms with Gasteiger partial charge in [0.2, 0.25) is 0 Å². The second kappa shape index (κ2) is 8.13. The molecule has 1 aromatic rings. The van der Waals surface area contributed by atoms with Crippen LogP contribution in [-0.4, -0.2) is 12.6 Å². The van der Waals surface area contributed by atoms with Gasteiger partial charge in [0.15, 0.2) is 0 Å². The standard InChI is InChI=1S/C14H18N2O2/c1-2-6-13(9-15)10-16-14(17)18-11-12-7-4-3-5-8-12/h3-5,7-8,13H,2,6,10-11H2,1H3,(H,16,17). The van der Waals surface area contributed by atoms with E-state index in [9.17, 15) is 4.79 Å². The van der Waals surface area contributed by atoms with Gasteiger partial charge in [0.25, 0.3) is 0 Å². The maximum absolute atomic E-state index is 11.4. The Morgan fingerprint density at radius 1 is 1.44 bits per heavy atom. The van der Waals surface area contributed by atoms with Gasteiger partial charge in [-0.25, -0.2) is 4.79 Å². The van der Waals surface area contributed by atoms with Crippen molar-refractivity contribution in [3.05, 3.63) is 35.9 Å². The third-order valence-corrected chi connectivity index (χ3v) is 2.53. The van der Waals surface area contributed by atoms with Crippen LogP contribution in [0.25, 0.3) is 0 Å². The number of nitrogens with zero attached hydrogens (tertiary/aromatic N) is 1. The number of ether oxygens (including phenoxy) is 1. The molecule has 0 spiro atoms. The van der Waals surface area contributed by atoms with Crippen LogP contribution in [0.3, 0.4) is 0 Å². The molecule has 1 atom stereocenters. The Balaban J connectivity index is 2.24. The molecule has 1 amide bonds. The van der Waals surface area contributed by atoms with E-state index in [0.717, 1.165) is 18.4 Å². The summed E-state index contributed by atoms with van der Waals surface area (Å²) in [6.45, 7) is 2.60. The second-order valence-electron chi connectivity index (χ2n) is 4.06. The molecular formula is C14H18N2O2. The third-order valence-electron chi connectivity index (χ3n) is 2.53. The molecule has 0 bridgehead atoms. The van der Waals surface area contributed by atoms with Gasteiger partial charge in [-0.2, -0.15) is 5.26 Å². The average Bonchev–Trinajstić information content (AvgIpc) is 2.42. The van der Waals surface area contributed by atoms with Gasteiger partial charge in [-0.1, -0.05) is 43.7 Å². The molecule has 18 heavy (non-hydrogen) atoms. The lowest BCUT2D eigenvalue weighted by Gasteiger charge is -2.10. The predicted molar refractivity (Wildman–Crippen MR) is 68.6 cm³/mol. The molecule has 0 aliphatic carbocycles. The summed E-state index contributed by atoms with van der Waals surface area (Å²) in [5.41, 5.74) is 0.943. The minimum Gasteiger partial charge on any atom is -0.445 e. The van der Waals surface area contributed by atoms with Crippen LogP contribution in [0.1, 0.15) is 25.3 Å². The van der Waals surface area contributed by atoms with Crippen LogP contribution in [0.5, 0.6) is 0 Å². The quantitative estimate of drug-likeness (QED) is 0.839. The van der Waals surface area contributed by atoms with E-state index in [1.165, 1.54) is 0 Å². The zero-order valence-corrected chi connectivity index (χ0v) is 10.6. The highest BCUT2D eigenvalue weighted by atomic mass is 16.5. The molecule has 0 radical (unpaired) electrons. The van der Waals surface area contributed by atoms with Crippen LogP contribution in [0.15, 0.2) is 30.3 Å².